The Morgan fingerprint density at radius 2 is 1.87 bits per heavy atom. The Hall–Kier alpha value is -2.07. The summed E-state index contributed by atoms with van der Waals surface area (Å²) in [6, 6.07) is 8.79. The molecule has 0 aliphatic heterocycles. The average molecular weight is 330 g/mol. The zero-order valence-corrected chi connectivity index (χ0v) is 13.4. The Morgan fingerprint density at radius 3 is 2.61 bits per heavy atom. The van der Waals surface area contributed by atoms with E-state index in [4.69, 9.17) is 16.6 Å². The average Bonchev–Trinajstić information content (AvgIpc) is 3.17. The molecule has 1 aromatic carbocycles. The predicted molar refractivity (Wildman–Crippen MR) is 91.5 cm³/mol. The van der Waals surface area contributed by atoms with E-state index in [0.29, 0.717) is 11.1 Å². The van der Waals surface area contributed by atoms with Crippen molar-refractivity contribution in [3.63, 3.8) is 0 Å². The van der Waals surface area contributed by atoms with Crippen LogP contribution in [0.4, 0.5) is 10.1 Å². The number of fused-ring (bicyclic) bond motifs is 1. The second-order valence-electron chi connectivity index (χ2n) is 6.06. The van der Waals surface area contributed by atoms with Crippen LogP contribution in [-0.2, 0) is 0 Å². The van der Waals surface area contributed by atoms with Crippen LogP contribution >= 0.6 is 11.6 Å². The Labute approximate surface area is 139 Å². The SMILES string of the molecule is Fc1ccc(-c2cn3cc(Cl)cc(NC4CCCC4)c3n2)cc1. The molecule has 4 rings (SSSR count). The van der Waals surface area contributed by atoms with Gasteiger partial charge >= 0.3 is 0 Å². The number of nitrogens with zero attached hydrogens (tertiary/aromatic N) is 2. The van der Waals surface area contributed by atoms with Gasteiger partial charge < -0.3 is 9.72 Å². The number of hydrogen-bond donors (Lipinski definition) is 1. The summed E-state index contributed by atoms with van der Waals surface area (Å²) in [7, 11) is 0. The van der Waals surface area contributed by atoms with Gasteiger partial charge in [0, 0.05) is 24.0 Å². The molecule has 2 aromatic heterocycles. The van der Waals surface area contributed by atoms with Crippen molar-refractivity contribution in [2.75, 3.05) is 5.32 Å². The maximum absolute atomic E-state index is 13.1. The van der Waals surface area contributed by atoms with Gasteiger partial charge in [-0.3, -0.25) is 0 Å². The topological polar surface area (TPSA) is 29.3 Å². The van der Waals surface area contributed by atoms with Gasteiger partial charge in [0.05, 0.1) is 16.4 Å². The van der Waals surface area contributed by atoms with Gasteiger partial charge in [0.15, 0.2) is 5.65 Å². The van der Waals surface area contributed by atoms with Gasteiger partial charge in [-0.05, 0) is 43.2 Å². The molecule has 118 valence electrons. The Balaban J connectivity index is 1.76. The number of halogens is 2. The van der Waals surface area contributed by atoms with Gasteiger partial charge in [-0.25, -0.2) is 9.37 Å². The summed E-state index contributed by atoms with van der Waals surface area (Å²) in [5.41, 5.74) is 3.50. The molecule has 0 unspecified atom stereocenters. The lowest BCUT2D eigenvalue weighted by molar-refractivity contribution is 0.628. The van der Waals surface area contributed by atoms with E-state index in [9.17, 15) is 4.39 Å². The fourth-order valence-corrected chi connectivity index (χ4v) is 3.43. The third-order valence-electron chi connectivity index (χ3n) is 4.37. The van der Waals surface area contributed by atoms with E-state index in [2.05, 4.69) is 5.32 Å². The summed E-state index contributed by atoms with van der Waals surface area (Å²) < 4.78 is 15.0. The van der Waals surface area contributed by atoms with Crippen LogP contribution in [0.5, 0.6) is 0 Å². The zero-order chi connectivity index (χ0) is 15.8. The summed E-state index contributed by atoms with van der Waals surface area (Å²) >= 11 is 6.25. The number of imidazole rings is 1. The summed E-state index contributed by atoms with van der Waals surface area (Å²) in [5, 5.41) is 4.24. The van der Waals surface area contributed by atoms with Crippen LogP contribution in [0.1, 0.15) is 25.7 Å². The fourth-order valence-electron chi connectivity index (χ4n) is 3.22. The van der Waals surface area contributed by atoms with Crippen molar-refractivity contribution >= 4 is 22.9 Å². The number of anilines is 1. The molecule has 0 spiro atoms. The highest BCUT2D eigenvalue weighted by molar-refractivity contribution is 6.30. The molecule has 0 amide bonds. The molecule has 1 aliphatic carbocycles. The number of aromatic nitrogens is 2. The van der Waals surface area contributed by atoms with Gasteiger partial charge in [0.25, 0.3) is 0 Å². The minimum absolute atomic E-state index is 0.246. The van der Waals surface area contributed by atoms with Crippen molar-refractivity contribution in [2.24, 2.45) is 0 Å². The summed E-state index contributed by atoms with van der Waals surface area (Å²) in [4.78, 5) is 4.72. The number of rotatable bonds is 3. The molecule has 5 heteroatoms. The lowest BCUT2D eigenvalue weighted by Crippen LogP contribution is -2.15. The first kappa shape index (κ1) is 14.5. The molecule has 1 N–H and O–H groups in total. The lowest BCUT2D eigenvalue weighted by atomic mass is 10.2. The molecule has 23 heavy (non-hydrogen) atoms. The van der Waals surface area contributed by atoms with E-state index in [1.807, 2.05) is 22.9 Å². The highest BCUT2D eigenvalue weighted by Crippen LogP contribution is 2.29. The predicted octanol–water partition coefficient (Wildman–Crippen LogP) is 5.15. The highest BCUT2D eigenvalue weighted by Gasteiger charge is 2.17. The molecular formula is C18H17ClFN3. The van der Waals surface area contributed by atoms with Crippen LogP contribution < -0.4 is 5.32 Å². The zero-order valence-electron chi connectivity index (χ0n) is 12.6. The van der Waals surface area contributed by atoms with Crippen LogP contribution in [0, 0.1) is 5.82 Å². The highest BCUT2D eigenvalue weighted by atomic mass is 35.5. The third kappa shape index (κ3) is 2.91. The molecule has 0 atom stereocenters. The van der Waals surface area contributed by atoms with Crippen molar-refractivity contribution < 1.29 is 4.39 Å². The largest absolute Gasteiger partial charge is 0.379 e. The standard InChI is InChI=1S/C18H17ClFN3/c19-13-9-16(21-15-3-1-2-4-15)18-22-17(11-23(18)10-13)12-5-7-14(20)8-6-12/h5-11,15,21H,1-4H2. The Morgan fingerprint density at radius 1 is 1.13 bits per heavy atom. The summed E-state index contributed by atoms with van der Waals surface area (Å²) in [5.74, 6) is -0.246. The van der Waals surface area contributed by atoms with E-state index >= 15 is 0 Å². The van der Waals surface area contributed by atoms with E-state index in [1.165, 1.54) is 37.8 Å². The van der Waals surface area contributed by atoms with Crippen LogP contribution in [0.3, 0.4) is 0 Å². The maximum Gasteiger partial charge on any atom is 0.161 e. The molecule has 3 aromatic rings. The summed E-state index contributed by atoms with van der Waals surface area (Å²) in [6.07, 6.45) is 8.67. The fraction of sp³-hybridized carbons (Fsp3) is 0.278. The first-order valence-electron chi connectivity index (χ1n) is 7.90. The molecule has 0 radical (unpaired) electrons. The molecule has 1 aliphatic rings. The molecule has 2 heterocycles. The lowest BCUT2D eigenvalue weighted by Gasteiger charge is -2.14. The smallest absolute Gasteiger partial charge is 0.161 e. The van der Waals surface area contributed by atoms with Gasteiger partial charge in [-0.1, -0.05) is 24.4 Å². The second-order valence-corrected chi connectivity index (χ2v) is 6.50. The first-order chi connectivity index (χ1) is 11.2. The van der Waals surface area contributed by atoms with Crippen LogP contribution in [-0.4, -0.2) is 15.4 Å². The number of pyridine rings is 1. The monoisotopic (exact) mass is 329 g/mol. The quantitative estimate of drug-likeness (QED) is 0.720. The van der Waals surface area contributed by atoms with Crippen molar-refractivity contribution in [3.05, 3.63) is 53.6 Å². The van der Waals surface area contributed by atoms with E-state index < -0.39 is 0 Å². The molecule has 0 bridgehead atoms. The van der Waals surface area contributed by atoms with Gasteiger partial charge in [-0.15, -0.1) is 0 Å². The Kier molecular flexibility index (Phi) is 3.69. The van der Waals surface area contributed by atoms with Gasteiger partial charge in [0.1, 0.15) is 5.82 Å². The van der Waals surface area contributed by atoms with E-state index in [0.717, 1.165) is 22.6 Å². The second kappa shape index (κ2) is 5.85. The molecular weight excluding hydrogens is 313 g/mol. The number of benzene rings is 1. The van der Waals surface area contributed by atoms with E-state index in [1.54, 1.807) is 12.1 Å². The molecule has 0 saturated heterocycles. The summed E-state index contributed by atoms with van der Waals surface area (Å²) in [6.45, 7) is 0. The van der Waals surface area contributed by atoms with Crippen molar-refractivity contribution in [1.82, 2.24) is 9.38 Å². The van der Waals surface area contributed by atoms with Crippen LogP contribution in [0.15, 0.2) is 42.7 Å². The van der Waals surface area contributed by atoms with Crippen molar-refractivity contribution in [3.8, 4) is 11.3 Å². The molecule has 1 fully saturated rings. The molecule has 3 nitrogen and oxygen atoms in total. The van der Waals surface area contributed by atoms with Crippen molar-refractivity contribution in [1.29, 1.82) is 0 Å². The number of nitrogens with one attached hydrogen (secondary N) is 1. The van der Waals surface area contributed by atoms with E-state index in [-0.39, 0.29) is 5.82 Å². The van der Waals surface area contributed by atoms with Gasteiger partial charge in [0.2, 0.25) is 0 Å². The van der Waals surface area contributed by atoms with Crippen LogP contribution in [0.25, 0.3) is 16.9 Å². The number of hydrogen-bond acceptors (Lipinski definition) is 2. The van der Waals surface area contributed by atoms with Crippen molar-refractivity contribution in [2.45, 2.75) is 31.7 Å². The molecule has 1 saturated carbocycles. The third-order valence-corrected chi connectivity index (χ3v) is 4.58. The maximum atomic E-state index is 13.1. The first-order valence-corrected chi connectivity index (χ1v) is 8.27. The minimum Gasteiger partial charge on any atom is -0.379 e. The Bertz CT molecular complexity index is 835. The van der Waals surface area contributed by atoms with Crippen LogP contribution in [0.2, 0.25) is 5.02 Å². The van der Waals surface area contributed by atoms with Gasteiger partial charge in [-0.2, -0.15) is 0 Å². The normalized spacial score (nSPS) is 15.4. The minimum atomic E-state index is -0.246.